The second-order valence-corrected chi connectivity index (χ2v) is 10.8. The first-order chi connectivity index (χ1) is 21.0. The van der Waals surface area contributed by atoms with Crippen LogP contribution in [0.1, 0.15) is 62.3 Å². The molecule has 6 atom stereocenters. The van der Waals surface area contributed by atoms with Crippen LogP contribution >= 0.6 is 0 Å². The second kappa shape index (κ2) is 20.1. The maximum Gasteiger partial charge on any atom is 0.338 e. The van der Waals surface area contributed by atoms with Gasteiger partial charge >= 0.3 is 11.9 Å². The molecular formula is C32H48N2O10. The van der Waals surface area contributed by atoms with Crippen molar-refractivity contribution in [2.45, 2.75) is 78.2 Å². The van der Waals surface area contributed by atoms with E-state index in [4.69, 9.17) is 37.9 Å². The number of pyridine rings is 2. The van der Waals surface area contributed by atoms with E-state index in [1.54, 1.807) is 52.3 Å². The quantitative estimate of drug-likeness (QED) is 0.186. The van der Waals surface area contributed by atoms with E-state index in [0.717, 1.165) is 0 Å². The summed E-state index contributed by atoms with van der Waals surface area (Å²) in [7, 11) is 3.24. The van der Waals surface area contributed by atoms with Crippen molar-refractivity contribution in [1.82, 2.24) is 9.97 Å². The van der Waals surface area contributed by atoms with Gasteiger partial charge in [0, 0.05) is 26.6 Å². The molecule has 2 heterocycles. The van der Waals surface area contributed by atoms with Crippen molar-refractivity contribution in [2.24, 2.45) is 0 Å². The van der Waals surface area contributed by atoms with Crippen LogP contribution in [-0.2, 0) is 37.9 Å². The molecule has 44 heavy (non-hydrogen) atoms. The van der Waals surface area contributed by atoms with Gasteiger partial charge in [-0.25, -0.2) is 9.59 Å². The number of aromatic nitrogens is 2. The van der Waals surface area contributed by atoms with Crippen LogP contribution in [0.25, 0.3) is 11.4 Å². The molecule has 0 bridgehead atoms. The third kappa shape index (κ3) is 14.2. The van der Waals surface area contributed by atoms with E-state index in [1.165, 1.54) is 12.4 Å². The molecule has 0 saturated heterocycles. The average molecular weight is 621 g/mol. The first-order valence-electron chi connectivity index (χ1n) is 14.8. The second-order valence-electron chi connectivity index (χ2n) is 10.8. The number of carbonyl (C=O) groups is 2. The smallest absolute Gasteiger partial charge is 0.338 e. The van der Waals surface area contributed by atoms with Crippen LogP contribution < -0.4 is 0 Å². The van der Waals surface area contributed by atoms with Gasteiger partial charge in [-0.05, 0) is 65.8 Å². The van der Waals surface area contributed by atoms with Gasteiger partial charge in [-0.15, -0.1) is 0 Å². The maximum absolute atomic E-state index is 12.8. The van der Waals surface area contributed by atoms with E-state index in [2.05, 4.69) is 9.97 Å². The van der Waals surface area contributed by atoms with Crippen LogP contribution in [-0.4, -0.2) is 112 Å². The number of carbonyl (C=O) groups excluding carboxylic acids is 2. The number of rotatable bonds is 21. The topological polar surface area (TPSA) is 134 Å². The third-order valence-electron chi connectivity index (χ3n) is 6.13. The summed E-state index contributed by atoms with van der Waals surface area (Å²) in [6.07, 6.45) is 1.55. The van der Waals surface area contributed by atoms with Crippen molar-refractivity contribution >= 4 is 11.9 Å². The number of ether oxygens (including phenoxy) is 8. The summed E-state index contributed by atoms with van der Waals surface area (Å²) < 4.78 is 44.0. The van der Waals surface area contributed by atoms with Gasteiger partial charge in [-0.2, -0.15) is 0 Å². The summed E-state index contributed by atoms with van der Waals surface area (Å²) in [5.41, 5.74) is 1.40. The summed E-state index contributed by atoms with van der Waals surface area (Å²) in [6.45, 7) is 13.3. The summed E-state index contributed by atoms with van der Waals surface area (Å²) in [6, 6.07) is 6.23. The zero-order valence-corrected chi connectivity index (χ0v) is 27.1. The highest BCUT2D eigenvalue weighted by Gasteiger charge is 2.18. The lowest BCUT2D eigenvalue weighted by Gasteiger charge is -2.20. The molecule has 246 valence electrons. The van der Waals surface area contributed by atoms with Crippen molar-refractivity contribution in [2.75, 3.05) is 53.9 Å². The Morgan fingerprint density at radius 1 is 0.545 bits per heavy atom. The highest BCUT2D eigenvalue weighted by molar-refractivity contribution is 5.92. The Morgan fingerprint density at radius 3 is 1.20 bits per heavy atom. The lowest BCUT2D eigenvalue weighted by Crippen LogP contribution is -2.27. The minimum absolute atomic E-state index is 0.0401. The number of methoxy groups -OCH3 is 2. The molecule has 2 aromatic heterocycles. The van der Waals surface area contributed by atoms with Crippen LogP contribution in [0.3, 0.4) is 0 Å². The Kier molecular flexibility index (Phi) is 17.0. The molecule has 0 saturated carbocycles. The Bertz CT molecular complexity index is 1050. The van der Waals surface area contributed by atoms with Gasteiger partial charge in [-0.3, -0.25) is 9.97 Å². The monoisotopic (exact) mass is 620 g/mol. The standard InChI is InChI=1S/C32H48N2O10/c1-21(15-37-7)39-17-23(3)41-19-25(5)43-31(35)27-9-11-33-29(13-27)30-14-28(10-12-34-30)32(36)44-26(6)20-42-24(4)18-40-22(2)16-38-8/h9-14,21-26H,15-20H2,1-8H3. The molecule has 2 rings (SSSR count). The molecule has 0 fully saturated rings. The first-order valence-corrected chi connectivity index (χ1v) is 14.8. The molecule has 12 nitrogen and oxygen atoms in total. The average Bonchev–Trinajstić information content (AvgIpc) is 3.01. The van der Waals surface area contributed by atoms with Crippen LogP contribution in [0.4, 0.5) is 0 Å². The molecule has 6 unspecified atom stereocenters. The first kappa shape index (κ1) is 37.2. The predicted octanol–water partition coefficient (Wildman–Crippen LogP) is 4.15. The molecule has 0 aromatic carbocycles. The van der Waals surface area contributed by atoms with Gasteiger partial charge in [0.2, 0.25) is 0 Å². The lowest BCUT2D eigenvalue weighted by molar-refractivity contribution is -0.0692. The summed E-state index contributed by atoms with van der Waals surface area (Å²) >= 11 is 0. The predicted molar refractivity (Wildman–Crippen MR) is 163 cm³/mol. The van der Waals surface area contributed by atoms with Crippen molar-refractivity contribution in [3.63, 3.8) is 0 Å². The highest BCUT2D eigenvalue weighted by Crippen LogP contribution is 2.19. The molecule has 0 radical (unpaired) electrons. The SMILES string of the molecule is COCC(C)OCC(C)OCC(C)OC(=O)c1ccnc(-c2cc(C(=O)OC(C)COC(C)COC(C)COC)ccn2)c1. The molecule has 2 aromatic rings. The van der Waals surface area contributed by atoms with Gasteiger partial charge in [0.25, 0.3) is 0 Å². The molecule has 0 aliphatic heterocycles. The Morgan fingerprint density at radius 2 is 0.864 bits per heavy atom. The van der Waals surface area contributed by atoms with Gasteiger partial charge in [0.15, 0.2) is 0 Å². The highest BCUT2D eigenvalue weighted by atomic mass is 16.6. The Balaban J connectivity index is 1.88. The lowest BCUT2D eigenvalue weighted by atomic mass is 10.1. The van der Waals surface area contributed by atoms with Gasteiger partial charge in [0.05, 0.1) is 86.6 Å². The van der Waals surface area contributed by atoms with Crippen LogP contribution in [0.2, 0.25) is 0 Å². The Labute approximate surface area is 260 Å². The Hall–Kier alpha value is -3.00. The number of hydrogen-bond acceptors (Lipinski definition) is 12. The molecule has 0 aliphatic rings. The van der Waals surface area contributed by atoms with E-state index in [0.29, 0.717) is 48.9 Å². The third-order valence-corrected chi connectivity index (χ3v) is 6.13. The normalized spacial score (nSPS) is 15.5. The molecule has 0 amide bonds. The number of nitrogens with zero attached hydrogens (tertiary/aromatic N) is 2. The van der Waals surface area contributed by atoms with Gasteiger partial charge in [0.1, 0.15) is 12.2 Å². The van der Waals surface area contributed by atoms with E-state index < -0.39 is 24.1 Å². The van der Waals surface area contributed by atoms with Crippen molar-refractivity contribution in [1.29, 1.82) is 0 Å². The fourth-order valence-corrected chi connectivity index (χ4v) is 3.83. The molecule has 0 N–H and O–H groups in total. The van der Waals surface area contributed by atoms with Crippen molar-refractivity contribution in [3.05, 3.63) is 47.8 Å². The van der Waals surface area contributed by atoms with Crippen molar-refractivity contribution in [3.8, 4) is 11.4 Å². The van der Waals surface area contributed by atoms with Crippen molar-refractivity contribution < 1.29 is 47.5 Å². The fraction of sp³-hybridized carbons (Fsp3) is 0.625. The number of esters is 2. The van der Waals surface area contributed by atoms with Crippen LogP contribution in [0.5, 0.6) is 0 Å². The zero-order valence-electron chi connectivity index (χ0n) is 27.1. The van der Waals surface area contributed by atoms with Gasteiger partial charge < -0.3 is 37.9 Å². The van der Waals surface area contributed by atoms with E-state index >= 15 is 0 Å². The molecule has 12 heteroatoms. The van der Waals surface area contributed by atoms with Gasteiger partial charge in [-0.1, -0.05) is 0 Å². The van der Waals surface area contributed by atoms with E-state index in [9.17, 15) is 9.59 Å². The molecule has 0 spiro atoms. The molecule has 0 aliphatic carbocycles. The largest absolute Gasteiger partial charge is 0.457 e. The van der Waals surface area contributed by atoms with E-state index in [-0.39, 0.29) is 37.6 Å². The summed E-state index contributed by atoms with van der Waals surface area (Å²) in [5.74, 6) is -1.06. The number of hydrogen-bond donors (Lipinski definition) is 0. The van der Waals surface area contributed by atoms with Crippen LogP contribution in [0, 0.1) is 0 Å². The summed E-state index contributed by atoms with van der Waals surface area (Å²) in [5, 5.41) is 0. The van der Waals surface area contributed by atoms with E-state index in [1.807, 2.05) is 27.7 Å². The summed E-state index contributed by atoms with van der Waals surface area (Å²) in [4.78, 5) is 34.3. The minimum atomic E-state index is -0.528. The maximum atomic E-state index is 12.8. The minimum Gasteiger partial charge on any atom is -0.457 e. The zero-order chi connectivity index (χ0) is 32.5. The fourth-order valence-electron chi connectivity index (χ4n) is 3.83. The van der Waals surface area contributed by atoms with Crippen LogP contribution in [0.15, 0.2) is 36.7 Å². The molecular weight excluding hydrogens is 572 g/mol.